The summed E-state index contributed by atoms with van der Waals surface area (Å²) < 4.78 is 5.80. The maximum absolute atomic E-state index is 12.3. The summed E-state index contributed by atoms with van der Waals surface area (Å²) in [4.78, 5) is 12.3. The predicted octanol–water partition coefficient (Wildman–Crippen LogP) is 5.95. The van der Waals surface area contributed by atoms with Gasteiger partial charge in [0.25, 0.3) is 0 Å². The Labute approximate surface area is 142 Å². The highest BCUT2D eigenvalue weighted by Gasteiger charge is 2.33. The first-order valence-corrected chi connectivity index (χ1v) is 8.79. The second-order valence-electron chi connectivity index (χ2n) is 8.13. The van der Waals surface area contributed by atoms with Crippen LogP contribution in [0.25, 0.3) is 0 Å². The van der Waals surface area contributed by atoms with Crippen LogP contribution in [0.3, 0.4) is 0 Å². The van der Waals surface area contributed by atoms with Gasteiger partial charge in [0.2, 0.25) is 0 Å². The number of benzene rings is 1. The van der Waals surface area contributed by atoms with Crippen molar-refractivity contribution in [3.63, 3.8) is 0 Å². The first-order valence-electron chi connectivity index (χ1n) is 8.79. The van der Waals surface area contributed by atoms with Crippen molar-refractivity contribution in [2.24, 2.45) is 5.41 Å². The lowest BCUT2D eigenvalue weighted by Crippen LogP contribution is -2.35. The van der Waals surface area contributed by atoms with Crippen molar-refractivity contribution in [1.82, 2.24) is 0 Å². The zero-order valence-electron chi connectivity index (χ0n) is 16.2. The molecule has 2 heteroatoms. The van der Waals surface area contributed by atoms with E-state index in [2.05, 4.69) is 39.0 Å². The van der Waals surface area contributed by atoms with E-state index in [4.69, 9.17) is 4.74 Å². The van der Waals surface area contributed by atoms with Gasteiger partial charge in [0.1, 0.15) is 5.60 Å². The van der Waals surface area contributed by atoms with E-state index in [1.165, 1.54) is 16.7 Å². The van der Waals surface area contributed by atoms with Gasteiger partial charge in [-0.15, -0.1) is 0 Å². The number of hydrogen-bond donors (Lipinski definition) is 0. The van der Waals surface area contributed by atoms with Crippen molar-refractivity contribution in [3.05, 3.63) is 34.9 Å². The highest BCUT2D eigenvalue weighted by atomic mass is 16.6. The zero-order valence-corrected chi connectivity index (χ0v) is 16.2. The minimum atomic E-state index is -0.422. The number of rotatable bonds is 7. The summed E-state index contributed by atoms with van der Waals surface area (Å²) in [7, 11) is 0. The first kappa shape index (κ1) is 19.7. The van der Waals surface area contributed by atoms with Gasteiger partial charge in [-0.2, -0.15) is 0 Å². The number of carbonyl (C=O) groups is 1. The Balaban J connectivity index is 2.71. The van der Waals surface area contributed by atoms with Gasteiger partial charge >= 0.3 is 5.97 Å². The Kier molecular flexibility index (Phi) is 6.44. The Morgan fingerprint density at radius 1 is 1.13 bits per heavy atom. The summed E-state index contributed by atoms with van der Waals surface area (Å²) in [6, 6.07) is 6.46. The fraction of sp³-hybridized carbons (Fsp3) is 0.667. The maximum atomic E-state index is 12.3. The Hall–Kier alpha value is -1.31. The summed E-state index contributed by atoms with van der Waals surface area (Å²) in [5.41, 5.74) is 3.30. The van der Waals surface area contributed by atoms with E-state index in [1.807, 2.05) is 34.6 Å². The predicted molar refractivity (Wildman–Crippen MR) is 97.8 cm³/mol. The van der Waals surface area contributed by atoms with Gasteiger partial charge in [-0.05, 0) is 83.4 Å². The first-order chi connectivity index (χ1) is 10.5. The van der Waals surface area contributed by atoms with Crippen molar-refractivity contribution in [2.75, 3.05) is 0 Å². The topological polar surface area (TPSA) is 26.3 Å². The molecule has 0 saturated heterocycles. The van der Waals surface area contributed by atoms with Crippen LogP contribution in [-0.4, -0.2) is 11.6 Å². The summed E-state index contributed by atoms with van der Waals surface area (Å²) >= 11 is 0. The van der Waals surface area contributed by atoms with E-state index < -0.39 is 11.0 Å². The zero-order chi connectivity index (χ0) is 17.8. The minimum Gasteiger partial charge on any atom is -0.459 e. The highest BCUT2D eigenvalue weighted by molar-refractivity contribution is 5.76. The molecule has 1 aromatic carbocycles. The van der Waals surface area contributed by atoms with Crippen LogP contribution in [0.1, 0.15) is 83.4 Å². The van der Waals surface area contributed by atoms with Crippen LogP contribution in [0.2, 0.25) is 0 Å². The largest absolute Gasteiger partial charge is 0.459 e. The van der Waals surface area contributed by atoms with Crippen LogP contribution < -0.4 is 0 Å². The molecule has 1 atom stereocenters. The molecule has 23 heavy (non-hydrogen) atoms. The molecule has 1 aromatic rings. The van der Waals surface area contributed by atoms with E-state index in [0.717, 1.165) is 19.3 Å². The normalized spacial score (nSPS) is 13.7. The number of aryl methyl sites for hydroxylation is 2. The number of ether oxygens (including phenoxy) is 1. The molecule has 0 spiro atoms. The molecule has 1 rings (SSSR count). The van der Waals surface area contributed by atoms with Gasteiger partial charge in [0.15, 0.2) is 0 Å². The standard InChI is InChI=1S/C21H34O2/c1-9-20(5,6)19(22)23-21(7,8)14-13-17(4)18-15(2)11-10-12-16(18)3/h10-12,17H,9,13-14H2,1-8H3. The number of carbonyl (C=O) groups excluding carboxylic acids is 1. The molecule has 0 aromatic heterocycles. The van der Waals surface area contributed by atoms with Gasteiger partial charge in [-0.3, -0.25) is 4.79 Å². The van der Waals surface area contributed by atoms with E-state index in [0.29, 0.717) is 5.92 Å². The van der Waals surface area contributed by atoms with E-state index in [1.54, 1.807) is 0 Å². The van der Waals surface area contributed by atoms with Gasteiger partial charge in [0.05, 0.1) is 5.41 Å². The average Bonchev–Trinajstić information content (AvgIpc) is 2.44. The lowest BCUT2D eigenvalue weighted by atomic mass is 9.86. The molecule has 0 saturated carbocycles. The lowest BCUT2D eigenvalue weighted by Gasteiger charge is -2.31. The molecule has 1 unspecified atom stereocenters. The number of esters is 1. The van der Waals surface area contributed by atoms with Crippen molar-refractivity contribution in [3.8, 4) is 0 Å². The van der Waals surface area contributed by atoms with Crippen molar-refractivity contribution in [2.45, 2.75) is 86.2 Å². The molecule has 0 heterocycles. The van der Waals surface area contributed by atoms with E-state index >= 15 is 0 Å². The average molecular weight is 319 g/mol. The summed E-state index contributed by atoms with van der Waals surface area (Å²) in [6.07, 6.45) is 2.67. The fourth-order valence-corrected chi connectivity index (χ4v) is 2.90. The monoisotopic (exact) mass is 318 g/mol. The second-order valence-corrected chi connectivity index (χ2v) is 8.13. The quantitative estimate of drug-likeness (QED) is 0.581. The third-order valence-electron chi connectivity index (χ3n) is 5.02. The Bertz CT molecular complexity index is 521. The number of hydrogen-bond acceptors (Lipinski definition) is 2. The Morgan fingerprint density at radius 3 is 2.13 bits per heavy atom. The summed E-state index contributed by atoms with van der Waals surface area (Å²) in [6.45, 7) is 16.6. The van der Waals surface area contributed by atoms with Crippen molar-refractivity contribution in [1.29, 1.82) is 0 Å². The third-order valence-corrected chi connectivity index (χ3v) is 5.02. The molecule has 0 amide bonds. The molecule has 130 valence electrons. The molecule has 2 nitrogen and oxygen atoms in total. The molecular weight excluding hydrogens is 284 g/mol. The molecule has 0 N–H and O–H groups in total. The van der Waals surface area contributed by atoms with Crippen LogP contribution in [0.4, 0.5) is 0 Å². The molecule has 0 aliphatic heterocycles. The minimum absolute atomic E-state index is 0.0928. The summed E-state index contributed by atoms with van der Waals surface area (Å²) in [5, 5.41) is 0. The molecular formula is C21H34O2. The SMILES string of the molecule is CCC(C)(C)C(=O)OC(C)(C)CCC(C)c1c(C)cccc1C. The van der Waals surface area contributed by atoms with E-state index in [-0.39, 0.29) is 5.97 Å². The maximum Gasteiger partial charge on any atom is 0.312 e. The smallest absolute Gasteiger partial charge is 0.312 e. The van der Waals surface area contributed by atoms with Gasteiger partial charge < -0.3 is 4.74 Å². The van der Waals surface area contributed by atoms with Crippen LogP contribution in [-0.2, 0) is 9.53 Å². The van der Waals surface area contributed by atoms with Crippen LogP contribution in [0.5, 0.6) is 0 Å². The van der Waals surface area contributed by atoms with Crippen LogP contribution in [0, 0.1) is 19.3 Å². The highest BCUT2D eigenvalue weighted by Crippen LogP contribution is 2.32. The van der Waals surface area contributed by atoms with Crippen LogP contribution in [0.15, 0.2) is 18.2 Å². The summed E-state index contributed by atoms with van der Waals surface area (Å²) in [5.74, 6) is 0.373. The van der Waals surface area contributed by atoms with E-state index in [9.17, 15) is 4.79 Å². The van der Waals surface area contributed by atoms with Crippen molar-refractivity contribution >= 4 is 5.97 Å². The molecule has 0 fully saturated rings. The van der Waals surface area contributed by atoms with Gasteiger partial charge in [-0.25, -0.2) is 0 Å². The second kappa shape index (κ2) is 7.51. The molecule has 0 bridgehead atoms. The fourth-order valence-electron chi connectivity index (χ4n) is 2.90. The van der Waals surface area contributed by atoms with Gasteiger partial charge in [0, 0.05) is 0 Å². The lowest BCUT2D eigenvalue weighted by molar-refractivity contribution is -0.168. The molecule has 0 radical (unpaired) electrons. The van der Waals surface area contributed by atoms with Crippen molar-refractivity contribution < 1.29 is 9.53 Å². The molecule has 0 aliphatic rings. The third kappa shape index (κ3) is 5.37. The van der Waals surface area contributed by atoms with Crippen LogP contribution >= 0.6 is 0 Å². The van der Waals surface area contributed by atoms with Gasteiger partial charge in [-0.1, -0.05) is 32.0 Å². The Morgan fingerprint density at radius 2 is 1.65 bits per heavy atom. The molecule has 0 aliphatic carbocycles.